The number of aliphatic imine (C=N–C) groups is 1. The van der Waals surface area contributed by atoms with Crippen molar-refractivity contribution < 1.29 is 4.79 Å². The van der Waals surface area contributed by atoms with E-state index in [4.69, 9.17) is 4.99 Å². The molecule has 0 saturated carbocycles. The third kappa shape index (κ3) is 3.31. The Morgan fingerprint density at radius 1 is 1.13 bits per heavy atom. The zero-order valence-electron chi connectivity index (χ0n) is 17.9. The lowest BCUT2D eigenvalue weighted by Crippen LogP contribution is -2.51. The van der Waals surface area contributed by atoms with E-state index < -0.39 is 5.54 Å². The van der Waals surface area contributed by atoms with Crippen LogP contribution in [-0.2, 0) is 6.42 Å². The molecule has 0 spiro atoms. The summed E-state index contributed by atoms with van der Waals surface area (Å²) >= 11 is 3.58. The predicted molar refractivity (Wildman–Crippen MR) is 124 cm³/mol. The topological polar surface area (TPSA) is 63.4 Å². The fraction of sp³-hybridized carbons (Fsp3) is 0.333. The van der Waals surface area contributed by atoms with Crippen LogP contribution in [0, 0.1) is 13.8 Å². The van der Waals surface area contributed by atoms with Gasteiger partial charge in [-0.25, -0.2) is 0 Å². The third-order valence-electron chi connectivity index (χ3n) is 6.54. The second-order valence-electron chi connectivity index (χ2n) is 8.63. The van der Waals surface area contributed by atoms with Gasteiger partial charge in [0.2, 0.25) is 0 Å². The summed E-state index contributed by atoms with van der Waals surface area (Å²) in [5.41, 5.74) is 6.52. The highest BCUT2D eigenvalue weighted by atomic mass is 79.9. The molecule has 0 radical (unpaired) electrons. The smallest absolute Gasteiger partial charge is 0.256 e. The first kappa shape index (κ1) is 20.1. The molecule has 0 unspecified atom stereocenters. The highest BCUT2D eigenvalue weighted by Gasteiger charge is 2.45. The van der Waals surface area contributed by atoms with Crippen molar-refractivity contribution in [1.82, 2.24) is 19.9 Å². The Hall–Kier alpha value is -2.80. The number of carbonyl (C=O) groups excluding carboxylic acids is 1. The molecular weight excluding hydrogens is 454 g/mol. The van der Waals surface area contributed by atoms with Gasteiger partial charge in [0.05, 0.1) is 34.9 Å². The molecule has 2 aliphatic heterocycles. The Morgan fingerprint density at radius 2 is 1.90 bits per heavy atom. The van der Waals surface area contributed by atoms with E-state index in [1.54, 1.807) is 12.4 Å². The van der Waals surface area contributed by atoms with Crippen LogP contribution in [0.25, 0.3) is 5.69 Å². The number of nitrogens with zero attached hydrogens (tertiary/aromatic N) is 5. The minimum absolute atomic E-state index is 0.00700. The van der Waals surface area contributed by atoms with Crippen molar-refractivity contribution >= 4 is 33.2 Å². The molecule has 1 saturated heterocycles. The Bertz CT molecular complexity index is 1220. The summed E-state index contributed by atoms with van der Waals surface area (Å²) in [5, 5.41) is 8.50. The SMILES string of the molecule is Cc1ccc(-n2nccn2)c(C(=O)N2CCC[C@@]2(C)C2=Nc3cc(Br)cc(C)c3C2)c1. The molecule has 0 N–H and O–H groups in total. The Morgan fingerprint density at radius 3 is 2.68 bits per heavy atom. The molecular formula is C24H24BrN5O. The van der Waals surface area contributed by atoms with Gasteiger partial charge in [-0.2, -0.15) is 15.0 Å². The maximum absolute atomic E-state index is 13.9. The van der Waals surface area contributed by atoms with E-state index in [1.165, 1.54) is 15.9 Å². The number of carbonyl (C=O) groups is 1. The van der Waals surface area contributed by atoms with E-state index in [0.717, 1.165) is 40.7 Å². The maximum atomic E-state index is 13.9. The second kappa shape index (κ2) is 7.41. The fourth-order valence-electron chi connectivity index (χ4n) is 4.82. The van der Waals surface area contributed by atoms with Crippen LogP contribution in [0.3, 0.4) is 0 Å². The van der Waals surface area contributed by atoms with Crippen molar-refractivity contribution in [3.63, 3.8) is 0 Å². The van der Waals surface area contributed by atoms with Crippen molar-refractivity contribution in [3.05, 3.63) is 69.5 Å². The summed E-state index contributed by atoms with van der Waals surface area (Å²) in [6, 6.07) is 10.0. The Labute approximate surface area is 190 Å². The van der Waals surface area contributed by atoms with Gasteiger partial charge in [0, 0.05) is 23.1 Å². The molecule has 0 bridgehead atoms. The summed E-state index contributed by atoms with van der Waals surface area (Å²) in [6.07, 6.45) is 5.91. The molecule has 0 aliphatic carbocycles. The zero-order valence-corrected chi connectivity index (χ0v) is 19.5. The van der Waals surface area contributed by atoms with Gasteiger partial charge in [-0.1, -0.05) is 27.6 Å². The number of hydrogen-bond donors (Lipinski definition) is 0. The zero-order chi connectivity index (χ0) is 21.8. The van der Waals surface area contributed by atoms with Crippen LogP contribution in [0.4, 0.5) is 5.69 Å². The monoisotopic (exact) mass is 477 g/mol. The molecule has 1 atom stereocenters. The minimum Gasteiger partial charge on any atom is -0.328 e. The molecule has 3 heterocycles. The van der Waals surface area contributed by atoms with Gasteiger partial charge in [0.15, 0.2) is 0 Å². The standard InChI is InChI=1S/C24H24BrN5O/c1-15-5-6-21(30-26-8-9-27-30)19(11-15)23(31)29-10-4-7-24(29,3)22-14-18-16(2)12-17(25)13-20(18)28-22/h5-6,8-9,11-13H,4,7,10,14H2,1-3H3/t24-/m0/s1. The van der Waals surface area contributed by atoms with Crippen LogP contribution in [0.5, 0.6) is 0 Å². The lowest BCUT2D eigenvalue weighted by atomic mass is 9.88. The second-order valence-corrected chi connectivity index (χ2v) is 9.54. The summed E-state index contributed by atoms with van der Waals surface area (Å²) < 4.78 is 1.04. The Balaban J connectivity index is 1.53. The van der Waals surface area contributed by atoms with Gasteiger partial charge >= 0.3 is 0 Å². The quantitative estimate of drug-likeness (QED) is 0.534. The molecule has 1 amide bonds. The van der Waals surface area contributed by atoms with Gasteiger partial charge in [-0.3, -0.25) is 9.79 Å². The van der Waals surface area contributed by atoms with Crippen LogP contribution in [-0.4, -0.2) is 43.6 Å². The first-order chi connectivity index (χ1) is 14.9. The van der Waals surface area contributed by atoms with E-state index in [0.29, 0.717) is 17.8 Å². The largest absolute Gasteiger partial charge is 0.328 e. The van der Waals surface area contributed by atoms with Gasteiger partial charge < -0.3 is 4.90 Å². The first-order valence-electron chi connectivity index (χ1n) is 10.5. The van der Waals surface area contributed by atoms with E-state index in [9.17, 15) is 4.79 Å². The number of rotatable bonds is 3. The van der Waals surface area contributed by atoms with Crippen LogP contribution in [0.2, 0.25) is 0 Å². The average molecular weight is 478 g/mol. The molecule has 7 heteroatoms. The summed E-state index contributed by atoms with van der Waals surface area (Å²) in [5.74, 6) is 0.00700. The number of amides is 1. The highest BCUT2D eigenvalue weighted by Crippen LogP contribution is 2.41. The van der Waals surface area contributed by atoms with E-state index in [-0.39, 0.29) is 5.91 Å². The number of aromatic nitrogens is 3. The van der Waals surface area contributed by atoms with Crippen molar-refractivity contribution in [2.24, 2.45) is 4.99 Å². The number of aryl methyl sites for hydroxylation is 2. The molecule has 1 fully saturated rings. The van der Waals surface area contributed by atoms with Gasteiger partial charge in [0.1, 0.15) is 0 Å². The van der Waals surface area contributed by atoms with E-state index >= 15 is 0 Å². The summed E-state index contributed by atoms with van der Waals surface area (Å²) in [7, 11) is 0. The van der Waals surface area contributed by atoms with Crippen molar-refractivity contribution in [2.75, 3.05) is 6.54 Å². The summed E-state index contributed by atoms with van der Waals surface area (Å²) in [4.78, 5) is 22.4. The predicted octanol–water partition coefficient (Wildman–Crippen LogP) is 4.97. The van der Waals surface area contributed by atoms with E-state index in [2.05, 4.69) is 52.1 Å². The first-order valence-corrected chi connectivity index (χ1v) is 11.3. The lowest BCUT2D eigenvalue weighted by molar-refractivity contribution is 0.0702. The number of halogens is 1. The number of likely N-dealkylation sites (tertiary alicyclic amines) is 1. The normalized spacial score (nSPS) is 20.1. The van der Waals surface area contributed by atoms with Crippen molar-refractivity contribution in [3.8, 4) is 5.69 Å². The van der Waals surface area contributed by atoms with Crippen LogP contribution in [0.1, 0.15) is 46.8 Å². The van der Waals surface area contributed by atoms with Crippen LogP contribution < -0.4 is 0 Å². The third-order valence-corrected chi connectivity index (χ3v) is 7.00. The van der Waals surface area contributed by atoms with Gasteiger partial charge in [-0.15, -0.1) is 0 Å². The van der Waals surface area contributed by atoms with E-state index in [1.807, 2.05) is 30.0 Å². The molecule has 2 aliphatic rings. The number of hydrogen-bond acceptors (Lipinski definition) is 4. The van der Waals surface area contributed by atoms with Crippen molar-refractivity contribution in [2.45, 2.75) is 45.6 Å². The molecule has 6 nitrogen and oxygen atoms in total. The fourth-order valence-corrected chi connectivity index (χ4v) is 5.38. The van der Waals surface area contributed by atoms with Crippen LogP contribution in [0.15, 0.2) is 52.2 Å². The molecule has 31 heavy (non-hydrogen) atoms. The van der Waals surface area contributed by atoms with Crippen molar-refractivity contribution in [1.29, 1.82) is 0 Å². The Kier molecular flexibility index (Phi) is 4.81. The molecule has 1 aromatic heterocycles. The van der Waals surface area contributed by atoms with Gasteiger partial charge in [0.25, 0.3) is 5.91 Å². The minimum atomic E-state index is -0.409. The lowest BCUT2D eigenvalue weighted by Gasteiger charge is -2.36. The summed E-state index contributed by atoms with van der Waals surface area (Å²) in [6.45, 7) is 7.00. The molecule has 158 valence electrons. The van der Waals surface area contributed by atoms with Crippen LogP contribution >= 0.6 is 15.9 Å². The number of fused-ring (bicyclic) bond motifs is 1. The average Bonchev–Trinajstić information content (AvgIpc) is 3.47. The highest BCUT2D eigenvalue weighted by molar-refractivity contribution is 9.10. The van der Waals surface area contributed by atoms with Gasteiger partial charge in [-0.05, 0) is 69.0 Å². The maximum Gasteiger partial charge on any atom is 0.256 e. The number of benzene rings is 2. The molecule has 3 aromatic rings. The molecule has 5 rings (SSSR count). The molecule has 2 aromatic carbocycles.